The van der Waals surface area contributed by atoms with Crippen LogP contribution in [0.25, 0.3) is 0 Å². The number of hydrogen-bond acceptors (Lipinski definition) is 8. The van der Waals surface area contributed by atoms with Crippen LogP contribution in [0, 0.1) is 5.92 Å². The number of phenols is 1. The van der Waals surface area contributed by atoms with E-state index in [1.165, 1.54) is 24.3 Å². The van der Waals surface area contributed by atoms with Gasteiger partial charge in [0.15, 0.2) is 5.96 Å². The van der Waals surface area contributed by atoms with Crippen LogP contribution in [-0.4, -0.2) is 76.5 Å². The number of aliphatic imine (C=N–C) groups is 1. The SMILES string of the molecule is CC(C)C(N)C(=O)NC(CCCN=C(N)N)C(=O)NC(CCC(N)=O)C(=O)NC(Cc1ccc(O)cc1)C(=O)O. The molecule has 0 saturated heterocycles. The van der Waals surface area contributed by atoms with Crippen molar-refractivity contribution in [3.05, 3.63) is 29.8 Å². The highest BCUT2D eigenvalue weighted by atomic mass is 16.4. The Labute approximate surface area is 232 Å². The van der Waals surface area contributed by atoms with Crippen molar-refractivity contribution >= 4 is 35.6 Å². The first-order valence-electron chi connectivity index (χ1n) is 12.7. The van der Waals surface area contributed by atoms with E-state index in [0.29, 0.717) is 12.0 Å². The molecule has 0 aliphatic carbocycles. The number of aliphatic carboxylic acids is 1. The summed E-state index contributed by atoms with van der Waals surface area (Å²) in [6.45, 7) is 3.64. The van der Waals surface area contributed by atoms with Crippen molar-refractivity contribution in [2.45, 2.75) is 70.1 Å². The number of aromatic hydroxyl groups is 1. The van der Waals surface area contributed by atoms with E-state index in [2.05, 4.69) is 20.9 Å². The molecule has 15 nitrogen and oxygen atoms in total. The Bertz CT molecular complexity index is 1060. The minimum Gasteiger partial charge on any atom is -0.508 e. The van der Waals surface area contributed by atoms with Gasteiger partial charge in [0.05, 0.1) is 6.04 Å². The summed E-state index contributed by atoms with van der Waals surface area (Å²) in [5.41, 5.74) is 22.3. The van der Waals surface area contributed by atoms with E-state index in [9.17, 15) is 34.2 Å². The number of amides is 4. The predicted molar refractivity (Wildman–Crippen MR) is 146 cm³/mol. The van der Waals surface area contributed by atoms with Gasteiger partial charge in [-0.25, -0.2) is 4.79 Å². The number of carboxylic acid groups (broad SMARTS) is 1. The third kappa shape index (κ3) is 12.4. The lowest BCUT2D eigenvalue weighted by Gasteiger charge is -2.25. The average Bonchev–Trinajstić information content (AvgIpc) is 2.87. The zero-order chi connectivity index (χ0) is 30.4. The lowest BCUT2D eigenvalue weighted by Crippen LogP contribution is -2.57. The van der Waals surface area contributed by atoms with Crippen LogP contribution in [-0.2, 0) is 30.4 Å². The lowest BCUT2D eigenvalue weighted by molar-refractivity contribution is -0.142. The van der Waals surface area contributed by atoms with Gasteiger partial charge in [0.1, 0.15) is 23.9 Å². The molecule has 4 unspecified atom stereocenters. The molecule has 0 heterocycles. The fourth-order valence-corrected chi connectivity index (χ4v) is 3.51. The first-order valence-corrected chi connectivity index (χ1v) is 12.7. The maximum Gasteiger partial charge on any atom is 0.326 e. The van der Waals surface area contributed by atoms with Gasteiger partial charge in [0.2, 0.25) is 23.6 Å². The van der Waals surface area contributed by atoms with Gasteiger partial charge in [0, 0.05) is 19.4 Å². The largest absolute Gasteiger partial charge is 0.508 e. The summed E-state index contributed by atoms with van der Waals surface area (Å²) in [6.07, 6.45) is -0.248. The van der Waals surface area contributed by atoms with E-state index in [0.717, 1.165) is 0 Å². The Morgan fingerprint density at radius 3 is 1.88 bits per heavy atom. The van der Waals surface area contributed by atoms with Crippen molar-refractivity contribution in [2.24, 2.45) is 33.8 Å². The van der Waals surface area contributed by atoms with Crippen molar-refractivity contribution in [1.29, 1.82) is 0 Å². The molecule has 0 fully saturated rings. The second kappa shape index (κ2) is 16.5. The third-order valence-corrected chi connectivity index (χ3v) is 5.90. The summed E-state index contributed by atoms with van der Waals surface area (Å²) < 4.78 is 0. The Balaban J connectivity index is 3.09. The Kier molecular flexibility index (Phi) is 13.9. The van der Waals surface area contributed by atoms with Crippen LogP contribution >= 0.6 is 0 Å². The quantitative estimate of drug-likeness (QED) is 0.0558. The van der Waals surface area contributed by atoms with Crippen LogP contribution in [0.2, 0.25) is 0 Å². The predicted octanol–water partition coefficient (Wildman–Crippen LogP) is -2.22. The maximum atomic E-state index is 13.2. The molecular weight excluding hydrogens is 524 g/mol. The molecule has 0 aromatic heterocycles. The number of guanidine groups is 1. The highest BCUT2D eigenvalue weighted by Crippen LogP contribution is 2.12. The fraction of sp³-hybridized carbons (Fsp3) is 0.520. The molecule has 0 radical (unpaired) electrons. The smallest absolute Gasteiger partial charge is 0.326 e. The van der Waals surface area contributed by atoms with E-state index in [1.807, 2.05) is 0 Å². The molecule has 1 rings (SSSR count). The number of nitrogens with one attached hydrogen (secondary N) is 3. The highest BCUT2D eigenvalue weighted by molar-refractivity contribution is 5.94. The number of carbonyl (C=O) groups excluding carboxylic acids is 4. The number of carboxylic acids is 1. The minimum atomic E-state index is -1.39. The molecule has 1 aromatic carbocycles. The second-order valence-corrected chi connectivity index (χ2v) is 9.62. The molecule has 0 saturated carbocycles. The van der Waals surface area contributed by atoms with Gasteiger partial charge in [-0.05, 0) is 42.9 Å². The molecule has 0 bridgehead atoms. The van der Waals surface area contributed by atoms with E-state index < -0.39 is 53.8 Å². The average molecular weight is 565 g/mol. The molecule has 0 spiro atoms. The number of hydrogen-bond donors (Lipinski definition) is 9. The molecule has 1 aromatic rings. The number of nitrogens with zero attached hydrogens (tertiary/aromatic N) is 1. The van der Waals surface area contributed by atoms with Gasteiger partial charge in [-0.2, -0.15) is 0 Å². The van der Waals surface area contributed by atoms with E-state index in [1.54, 1.807) is 13.8 Å². The zero-order valence-corrected chi connectivity index (χ0v) is 22.6. The van der Waals surface area contributed by atoms with Crippen LogP contribution < -0.4 is 38.9 Å². The van der Waals surface area contributed by atoms with Crippen LogP contribution in [0.4, 0.5) is 0 Å². The Hall–Kier alpha value is -4.40. The van der Waals surface area contributed by atoms with Gasteiger partial charge < -0.3 is 49.1 Å². The summed E-state index contributed by atoms with van der Waals surface area (Å²) in [6, 6.07) is 0.975. The van der Waals surface area contributed by atoms with Gasteiger partial charge in [-0.1, -0.05) is 26.0 Å². The van der Waals surface area contributed by atoms with Crippen molar-refractivity contribution < 1.29 is 34.2 Å². The molecule has 40 heavy (non-hydrogen) atoms. The summed E-state index contributed by atoms with van der Waals surface area (Å²) >= 11 is 0. The lowest BCUT2D eigenvalue weighted by atomic mass is 10.0. The normalized spacial score (nSPS) is 13.8. The number of nitrogens with two attached hydrogens (primary N) is 4. The second-order valence-electron chi connectivity index (χ2n) is 9.62. The summed E-state index contributed by atoms with van der Waals surface area (Å²) in [7, 11) is 0. The summed E-state index contributed by atoms with van der Waals surface area (Å²) in [5.74, 6) is -4.67. The Morgan fingerprint density at radius 2 is 1.38 bits per heavy atom. The van der Waals surface area contributed by atoms with Crippen molar-refractivity contribution in [1.82, 2.24) is 16.0 Å². The molecule has 13 N–H and O–H groups in total. The van der Waals surface area contributed by atoms with Gasteiger partial charge in [0.25, 0.3) is 0 Å². The number of benzene rings is 1. The zero-order valence-electron chi connectivity index (χ0n) is 22.6. The maximum absolute atomic E-state index is 13.2. The number of primary amides is 1. The molecule has 0 aliphatic rings. The van der Waals surface area contributed by atoms with Crippen molar-refractivity contribution in [3.63, 3.8) is 0 Å². The first-order chi connectivity index (χ1) is 18.7. The number of rotatable bonds is 17. The molecule has 0 aliphatic heterocycles. The molecule has 222 valence electrons. The topological polar surface area (TPSA) is 278 Å². The fourth-order valence-electron chi connectivity index (χ4n) is 3.51. The molecule has 15 heteroatoms. The van der Waals surface area contributed by atoms with E-state index in [-0.39, 0.29) is 49.9 Å². The Morgan fingerprint density at radius 1 is 0.850 bits per heavy atom. The first kappa shape index (κ1) is 33.6. The van der Waals surface area contributed by atoms with Gasteiger partial charge in [-0.15, -0.1) is 0 Å². The van der Waals surface area contributed by atoms with Crippen LogP contribution in [0.5, 0.6) is 5.75 Å². The summed E-state index contributed by atoms with van der Waals surface area (Å²) in [5, 5.41) is 26.5. The molecule has 4 atom stereocenters. The van der Waals surface area contributed by atoms with Crippen molar-refractivity contribution in [3.8, 4) is 5.75 Å². The molecule has 4 amide bonds. The molecular formula is C25H40N8O7. The van der Waals surface area contributed by atoms with E-state index >= 15 is 0 Å². The standard InChI is InChI=1S/C25H40N8O7/c1-13(2)20(27)23(38)32-16(4-3-11-30-25(28)29)21(36)31-17(9-10-19(26)35)22(37)33-18(24(39)40)12-14-5-7-15(34)8-6-14/h5-8,13,16-18,20,34H,3-4,9-12,27H2,1-2H3,(H2,26,35)(H,31,36)(H,32,38)(H,33,37)(H,39,40)(H4,28,29,30). The number of carbonyl (C=O) groups is 5. The number of phenolic OH excluding ortho intramolecular Hbond substituents is 1. The minimum absolute atomic E-state index is 0.0109. The van der Waals surface area contributed by atoms with Crippen LogP contribution in [0.3, 0.4) is 0 Å². The summed E-state index contributed by atoms with van der Waals surface area (Å²) in [4.78, 5) is 66.0. The van der Waals surface area contributed by atoms with Gasteiger partial charge >= 0.3 is 5.97 Å². The highest BCUT2D eigenvalue weighted by Gasteiger charge is 2.31. The monoisotopic (exact) mass is 564 g/mol. The third-order valence-electron chi connectivity index (χ3n) is 5.90. The van der Waals surface area contributed by atoms with Crippen molar-refractivity contribution in [2.75, 3.05) is 6.54 Å². The van der Waals surface area contributed by atoms with Crippen LogP contribution in [0.15, 0.2) is 29.3 Å². The van der Waals surface area contributed by atoms with Gasteiger partial charge in [-0.3, -0.25) is 24.2 Å². The van der Waals surface area contributed by atoms with Crippen LogP contribution in [0.1, 0.15) is 45.1 Å². The van der Waals surface area contributed by atoms with E-state index in [4.69, 9.17) is 22.9 Å².